The maximum atomic E-state index is 13.0. The summed E-state index contributed by atoms with van der Waals surface area (Å²) < 4.78 is 51.4. The van der Waals surface area contributed by atoms with E-state index >= 15 is 0 Å². The van der Waals surface area contributed by atoms with Gasteiger partial charge in [-0.15, -0.1) is 5.10 Å². The minimum Gasteiger partial charge on any atom is -0.463 e. The third-order valence-electron chi connectivity index (χ3n) is 5.41. The van der Waals surface area contributed by atoms with Gasteiger partial charge in [0, 0.05) is 17.8 Å². The lowest BCUT2D eigenvalue weighted by molar-refractivity contribution is -0.137. The minimum absolute atomic E-state index is 0.123. The quantitative estimate of drug-likeness (QED) is 0.282. The van der Waals surface area contributed by atoms with Gasteiger partial charge in [0.15, 0.2) is 5.82 Å². The largest absolute Gasteiger partial charge is 0.463 e. The van der Waals surface area contributed by atoms with Crippen molar-refractivity contribution in [3.63, 3.8) is 0 Å². The maximum Gasteiger partial charge on any atom is 0.416 e. The van der Waals surface area contributed by atoms with E-state index in [2.05, 4.69) is 15.4 Å². The molecule has 0 radical (unpaired) electrons. The Balaban J connectivity index is 1.41. The number of halogens is 3. The van der Waals surface area contributed by atoms with Crippen molar-refractivity contribution in [2.75, 3.05) is 25.1 Å². The molecule has 1 aromatic heterocycles. The van der Waals surface area contributed by atoms with Crippen molar-refractivity contribution in [1.29, 1.82) is 0 Å². The van der Waals surface area contributed by atoms with Crippen molar-refractivity contribution >= 4 is 5.69 Å². The average molecular weight is 513 g/mol. The second-order valence-electron chi connectivity index (χ2n) is 8.22. The summed E-state index contributed by atoms with van der Waals surface area (Å²) in [5, 5.41) is 17.7. The van der Waals surface area contributed by atoms with Gasteiger partial charge < -0.3 is 19.9 Å². The molecule has 0 aliphatic rings. The van der Waals surface area contributed by atoms with Crippen LogP contribution in [0.5, 0.6) is 6.01 Å². The van der Waals surface area contributed by atoms with E-state index in [0.29, 0.717) is 36.8 Å². The fraction of sp³-hybridized carbons (Fsp3) is 0.259. The Morgan fingerprint density at radius 1 is 0.973 bits per heavy atom. The first-order chi connectivity index (χ1) is 17.8. The van der Waals surface area contributed by atoms with E-state index in [0.717, 1.165) is 23.4 Å². The molecule has 37 heavy (non-hydrogen) atoms. The van der Waals surface area contributed by atoms with Crippen molar-refractivity contribution in [3.05, 3.63) is 90.0 Å². The summed E-state index contributed by atoms with van der Waals surface area (Å²) in [6, 6.07) is 21.8. The Labute approximate surface area is 212 Å². The summed E-state index contributed by atoms with van der Waals surface area (Å²) in [7, 11) is 0. The molecular formula is C27H27F3N4O3. The summed E-state index contributed by atoms with van der Waals surface area (Å²) in [4.78, 5) is 4.36. The van der Waals surface area contributed by atoms with Crippen LogP contribution in [-0.2, 0) is 17.5 Å². The lowest BCUT2D eigenvalue weighted by atomic mass is 10.1. The van der Waals surface area contributed by atoms with Crippen LogP contribution < -0.4 is 10.1 Å². The number of nitrogens with zero attached hydrogens (tertiary/aromatic N) is 3. The first kappa shape index (κ1) is 26.2. The minimum atomic E-state index is -4.42. The molecular weight excluding hydrogens is 485 g/mol. The van der Waals surface area contributed by atoms with Gasteiger partial charge in [-0.1, -0.05) is 42.5 Å². The van der Waals surface area contributed by atoms with E-state index in [-0.39, 0.29) is 12.6 Å². The summed E-state index contributed by atoms with van der Waals surface area (Å²) in [5.41, 5.74) is 2.18. The molecule has 0 saturated heterocycles. The normalized spacial score (nSPS) is 12.4. The molecule has 0 saturated carbocycles. The Kier molecular flexibility index (Phi) is 8.42. The van der Waals surface area contributed by atoms with E-state index in [1.54, 1.807) is 19.1 Å². The van der Waals surface area contributed by atoms with Crippen molar-refractivity contribution in [1.82, 2.24) is 14.8 Å². The Morgan fingerprint density at radius 2 is 1.68 bits per heavy atom. The zero-order valence-corrected chi connectivity index (χ0v) is 20.2. The number of benzene rings is 3. The van der Waals surface area contributed by atoms with Crippen molar-refractivity contribution in [3.8, 4) is 23.1 Å². The zero-order chi connectivity index (χ0) is 26.3. The third-order valence-corrected chi connectivity index (χ3v) is 5.41. The molecule has 194 valence electrons. The molecule has 0 aliphatic heterocycles. The highest BCUT2D eigenvalue weighted by Gasteiger charge is 2.30. The number of aliphatic hydroxyl groups is 1. The van der Waals surface area contributed by atoms with Gasteiger partial charge in [-0.25, -0.2) is 4.68 Å². The van der Waals surface area contributed by atoms with Gasteiger partial charge in [-0.05, 0) is 48.9 Å². The molecule has 1 heterocycles. The maximum absolute atomic E-state index is 13.0. The van der Waals surface area contributed by atoms with Gasteiger partial charge in [0.2, 0.25) is 0 Å². The number of nitrogens with one attached hydrogen (secondary N) is 1. The number of aliphatic hydroxyl groups excluding tert-OH is 1. The fourth-order valence-electron chi connectivity index (χ4n) is 3.56. The molecule has 1 unspecified atom stereocenters. The number of rotatable bonds is 11. The standard InChI is InChI=1S/C27H27F3N4O3/c1-2-37-26-32-25(20-8-10-21(11-9-20)27(28,29)30)34(33-26)23-14-12-22(13-15-23)31-16-24(35)18-36-17-19-6-4-3-5-7-19/h3-15,24,31,35H,2,16-18H2,1H3. The lowest BCUT2D eigenvalue weighted by Gasteiger charge is -2.14. The highest BCUT2D eigenvalue weighted by molar-refractivity contribution is 5.60. The smallest absolute Gasteiger partial charge is 0.416 e. The lowest BCUT2D eigenvalue weighted by Crippen LogP contribution is -2.24. The number of ether oxygens (including phenoxy) is 2. The molecule has 7 nitrogen and oxygen atoms in total. The topological polar surface area (TPSA) is 81.4 Å². The molecule has 3 aromatic carbocycles. The molecule has 0 fully saturated rings. The summed E-state index contributed by atoms with van der Waals surface area (Å²) in [5.74, 6) is 0.351. The van der Waals surface area contributed by atoms with Crippen molar-refractivity contribution < 1.29 is 27.8 Å². The number of anilines is 1. The van der Waals surface area contributed by atoms with E-state index in [9.17, 15) is 18.3 Å². The van der Waals surface area contributed by atoms with Crippen molar-refractivity contribution in [2.24, 2.45) is 0 Å². The highest BCUT2D eigenvalue weighted by Crippen LogP contribution is 2.31. The van der Waals surface area contributed by atoms with Gasteiger partial charge in [-0.3, -0.25) is 0 Å². The molecule has 10 heteroatoms. The van der Waals surface area contributed by atoms with Crippen LogP contribution in [0.15, 0.2) is 78.9 Å². The Bertz CT molecular complexity index is 1260. The Hall–Kier alpha value is -3.89. The van der Waals surface area contributed by atoms with Crippen LogP contribution in [0.1, 0.15) is 18.1 Å². The first-order valence-corrected chi connectivity index (χ1v) is 11.7. The summed E-state index contributed by atoms with van der Waals surface area (Å²) in [6.45, 7) is 3.05. The van der Waals surface area contributed by atoms with Gasteiger partial charge >= 0.3 is 12.2 Å². The van der Waals surface area contributed by atoms with Crippen LogP contribution in [0.3, 0.4) is 0 Å². The first-order valence-electron chi connectivity index (χ1n) is 11.7. The predicted molar refractivity (Wildman–Crippen MR) is 134 cm³/mol. The molecule has 0 spiro atoms. The fourth-order valence-corrected chi connectivity index (χ4v) is 3.56. The summed E-state index contributed by atoms with van der Waals surface area (Å²) in [6.07, 6.45) is -5.12. The second kappa shape index (κ2) is 11.9. The van der Waals surface area contributed by atoms with Crippen LogP contribution in [0.2, 0.25) is 0 Å². The van der Waals surface area contributed by atoms with Gasteiger partial charge in [0.05, 0.1) is 37.2 Å². The SMILES string of the molecule is CCOc1nc(-c2ccc(C(F)(F)F)cc2)n(-c2ccc(NCC(O)COCc3ccccc3)cc2)n1. The summed E-state index contributed by atoms with van der Waals surface area (Å²) >= 11 is 0. The Morgan fingerprint density at radius 3 is 2.32 bits per heavy atom. The average Bonchev–Trinajstić information content (AvgIpc) is 3.32. The van der Waals surface area contributed by atoms with Crippen LogP contribution in [-0.4, -0.2) is 45.7 Å². The molecule has 2 N–H and O–H groups in total. The van der Waals surface area contributed by atoms with E-state index in [1.165, 1.54) is 16.8 Å². The number of hydrogen-bond acceptors (Lipinski definition) is 6. The van der Waals surface area contributed by atoms with Crippen LogP contribution >= 0.6 is 0 Å². The van der Waals surface area contributed by atoms with Crippen LogP contribution in [0.25, 0.3) is 17.1 Å². The van der Waals surface area contributed by atoms with Crippen LogP contribution in [0, 0.1) is 0 Å². The number of hydrogen-bond donors (Lipinski definition) is 2. The molecule has 4 rings (SSSR count). The number of aromatic nitrogens is 3. The number of alkyl halides is 3. The molecule has 4 aromatic rings. The monoisotopic (exact) mass is 512 g/mol. The van der Waals surface area contributed by atoms with Crippen LogP contribution in [0.4, 0.5) is 18.9 Å². The molecule has 0 aliphatic carbocycles. The third kappa shape index (κ3) is 7.08. The van der Waals surface area contributed by atoms with Gasteiger partial charge in [0.1, 0.15) is 0 Å². The zero-order valence-electron chi connectivity index (χ0n) is 20.2. The van der Waals surface area contributed by atoms with E-state index < -0.39 is 17.8 Å². The van der Waals surface area contributed by atoms with Gasteiger partial charge in [0.25, 0.3) is 0 Å². The van der Waals surface area contributed by atoms with Gasteiger partial charge in [-0.2, -0.15) is 18.2 Å². The van der Waals surface area contributed by atoms with E-state index in [1.807, 2.05) is 42.5 Å². The van der Waals surface area contributed by atoms with E-state index in [4.69, 9.17) is 9.47 Å². The van der Waals surface area contributed by atoms with Crippen molar-refractivity contribution in [2.45, 2.75) is 25.8 Å². The predicted octanol–water partition coefficient (Wildman–Crippen LogP) is 5.34. The molecule has 1 atom stereocenters. The second-order valence-corrected chi connectivity index (χ2v) is 8.22. The molecule has 0 amide bonds. The highest BCUT2D eigenvalue weighted by atomic mass is 19.4. The molecule has 0 bridgehead atoms.